The Morgan fingerprint density at radius 2 is 1.81 bits per heavy atom. The molecule has 0 fully saturated rings. The first-order valence-corrected chi connectivity index (χ1v) is 6.34. The summed E-state index contributed by atoms with van der Waals surface area (Å²) in [4.78, 5) is 4.54. The Morgan fingerprint density at radius 3 is 2.31 bits per heavy atom. The van der Waals surface area contributed by atoms with E-state index in [1.54, 1.807) is 5.70 Å². The third-order valence-electron chi connectivity index (χ3n) is 4.72. The molecule has 90 valence electrons. The van der Waals surface area contributed by atoms with E-state index in [-0.39, 0.29) is 0 Å². The van der Waals surface area contributed by atoms with E-state index in [4.69, 9.17) is 0 Å². The van der Waals surface area contributed by atoms with E-state index in [2.05, 4.69) is 39.0 Å². The first kappa shape index (κ1) is 11.8. The molecular formula is C13H25N3+2. The zero-order chi connectivity index (χ0) is 11.8. The molecule has 0 aliphatic carbocycles. The normalized spacial score (nSPS) is 38.8. The van der Waals surface area contributed by atoms with Crippen LogP contribution in [0.4, 0.5) is 0 Å². The second kappa shape index (κ2) is 3.97. The van der Waals surface area contributed by atoms with Gasteiger partial charge in [-0.1, -0.05) is 0 Å². The predicted molar refractivity (Wildman–Crippen MR) is 68.2 cm³/mol. The van der Waals surface area contributed by atoms with Crippen LogP contribution in [0.3, 0.4) is 0 Å². The van der Waals surface area contributed by atoms with Crippen molar-refractivity contribution >= 4 is 5.84 Å². The summed E-state index contributed by atoms with van der Waals surface area (Å²) in [5, 5.41) is 0. The van der Waals surface area contributed by atoms with Gasteiger partial charge in [0.15, 0.2) is 5.84 Å². The quantitative estimate of drug-likeness (QED) is 0.645. The van der Waals surface area contributed by atoms with Crippen molar-refractivity contribution < 1.29 is 8.97 Å². The highest BCUT2D eigenvalue weighted by atomic mass is 15.4. The van der Waals surface area contributed by atoms with Crippen molar-refractivity contribution in [3.8, 4) is 0 Å². The van der Waals surface area contributed by atoms with E-state index < -0.39 is 0 Å². The van der Waals surface area contributed by atoms with Crippen LogP contribution in [-0.4, -0.2) is 61.6 Å². The van der Waals surface area contributed by atoms with Crippen LogP contribution in [0.1, 0.15) is 20.3 Å². The number of allylic oxidation sites excluding steroid dienone is 1. The van der Waals surface area contributed by atoms with Gasteiger partial charge in [0.05, 0.1) is 27.2 Å². The highest BCUT2D eigenvalue weighted by Crippen LogP contribution is 2.23. The molecule has 2 atom stereocenters. The minimum absolute atomic E-state index is 1.01. The maximum absolute atomic E-state index is 4.54. The summed E-state index contributed by atoms with van der Waals surface area (Å²) in [6.45, 7) is 10.4. The summed E-state index contributed by atoms with van der Waals surface area (Å²) < 4.78 is 2.20. The van der Waals surface area contributed by atoms with Gasteiger partial charge in [-0.25, -0.2) is 4.99 Å². The van der Waals surface area contributed by atoms with Crippen LogP contribution in [0.15, 0.2) is 16.8 Å². The molecule has 2 aliphatic rings. The second-order valence-corrected chi connectivity index (χ2v) is 5.75. The molecule has 0 N–H and O–H groups in total. The number of hydrogen-bond donors (Lipinski definition) is 0. The summed E-state index contributed by atoms with van der Waals surface area (Å²) in [6.07, 6.45) is 3.64. The van der Waals surface area contributed by atoms with E-state index >= 15 is 0 Å². The SMILES string of the molecule is CC1=CCC[N+]1(C)CC[N+]1(C)CCN=C1C. The molecule has 0 spiro atoms. The van der Waals surface area contributed by atoms with E-state index in [0.29, 0.717) is 0 Å². The molecule has 0 saturated heterocycles. The number of nitrogens with zero attached hydrogens (tertiary/aromatic N) is 3. The van der Waals surface area contributed by atoms with Gasteiger partial charge >= 0.3 is 0 Å². The highest BCUT2D eigenvalue weighted by molar-refractivity contribution is 5.73. The minimum atomic E-state index is 1.01. The van der Waals surface area contributed by atoms with E-state index in [1.165, 1.54) is 38.4 Å². The number of likely N-dealkylation sites (N-methyl/N-ethyl adjacent to an activating group) is 2. The molecule has 16 heavy (non-hydrogen) atoms. The number of quaternary nitrogens is 2. The maximum Gasteiger partial charge on any atom is 0.195 e. The summed E-state index contributed by atoms with van der Waals surface area (Å²) in [7, 11) is 4.70. The van der Waals surface area contributed by atoms with Crippen molar-refractivity contribution in [2.24, 2.45) is 4.99 Å². The van der Waals surface area contributed by atoms with Gasteiger partial charge in [-0.15, -0.1) is 0 Å². The summed E-state index contributed by atoms with van der Waals surface area (Å²) in [6, 6.07) is 0. The van der Waals surface area contributed by atoms with E-state index in [0.717, 1.165) is 15.5 Å². The van der Waals surface area contributed by atoms with Gasteiger partial charge in [-0.3, -0.25) is 8.97 Å². The Kier molecular flexibility index (Phi) is 2.93. The van der Waals surface area contributed by atoms with Gasteiger partial charge in [0.1, 0.15) is 25.3 Å². The number of amidine groups is 1. The van der Waals surface area contributed by atoms with Crippen molar-refractivity contribution in [2.45, 2.75) is 20.3 Å². The van der Waals surface area contributed by atoms with Crippen molar-refractivity contribution in [2.75, 3.05) is 46.8 Å². The van der Waals surface area contributed by atoms with Crippen molar-refractivity contribution in [3.63, 3.8) is 0 Å². The van der Waals surface area contributed by atoms with Crippen LogP contribution < -0.4 is 0 Å². The topological polar surface area (TPSA) is 12.4 Å². The molecule has 2 rings (SSSR count). The number of rotatable bonds is 3. The molecule has 0 aromatic carbocycles. The molecular weight excluding hydrogens is 198 g/mol. The lowest BCUT2D eigenvalue weighted by atomic mass is 10.3. The number of hydrogen-bond acceptors (Lipinski definition) is 1. The summed E-state index contributed by atoms with van der Waals surface area (Å²) in [5.74, 6) is 1.31. The first-order chi connectivity index (χ1) is 7.46. The lowest BCUT2D eigenvalue weighted by molar-refractivity contribution is -0.903. The zero-order valence-corrected chi connectivity index (χ0v) is 11.2. The monoisotopic (exact) mass is 223 g/mol. The average Bonchev–Trinajstić information content (AvgIpc) is 2.73. The number of aliphatic imine (C=N–C) groups is 1. The molecule has 0 saturated carbocycles. The lowest BCUT2D eigenvalue weighted by Crippen LogP contribution is -2.53. The molecule has 2 heterocycles. The predicted octanol–water partition coefficient (Wildman–Crippen LogP) is 1.62. The summed E-state index contributed by atoms with van der Waals surface area (Å²) in [5.41, 5.74) is 1.54. The molecule has 0 aromatic rings. The Labute approximate surface area is 99.3 Å². The highest BCUT2D eigenvalue weighted by Gasteiger charge is 2.36. The Bertz CT molecular complexity index is 311. The average molecular weight is 223 g/mol. The van der Waals surface area contributed by atoms with Crippen LogP contribution in [0.5, 0.6) is 0 Å². The van der Waals surface area contributed by atoms with Gasteiger partial charge in [0, 0.05) is 20.3 Å². The Hall–Kier alpha value is -0.670. The van der Waals surface area contributed by atoms with Gasteiger partial charge < -0.3 is 0 Å². The molecule has 0 radical (unpaired) electrons. The molecule has 3 nitrogen and oxygen atoms in total. The van der Waals surface area contributed by atoms with Crippen LogP contribution >= 0.6 is 0 Å². The third-order valence-corrected chi connectivity index (χ3v) is 4.72. The van der Waals surface area contributed by atoms with Gasteiger partial charge in [-0.2, -0.15) is 0 Å². The van der Waals surface area contributed by atoms with Crippen molar-refractivity contribution in [3.05, 3.63) is 11.8 Å². The fourth-order valence-corrected chi connectivity index (χ4v) is 2.72. The lowest BCUT2D eigenvalue weighted by Gasteiger charge is -2.35. The second-order valence-electron chi connectivity index (χ2n) is 5.75. The molecule has 2 unspecified atom stereocenters. The van der Waals surface area contributed by atoms with Gasteiger partial charge in [0.25, 0.3) is 0 Å². The smallest absolute Gasteiger partial charge is 0.195 e. The standard InChI is InChI=1S/C13H25N3/c1-12-6-5-8-15(12,3)10-11-16(4)9-7-14-13(16)2/h6H,5,7-11H2,1-4H3/q+2. The third kappa shape index (κ3) is 1.94. The minimum Gasteiger partial charge on any atom is -0.293 e. The van der Waals surface area contributed by atoms with Crippen LogP contribution in [0, 0.1) is 0 Å². The fraction of sp³-hybridized carbons (Fsp3) is 0.769. The van der Waals surface area contributed by atoms with Crippen molar-refractivity contribution in [1.82, 2.24) is 0 Å². The molecule has 2 aliphatic heterocycles. The molecule has 3 heteroatoms. The zero-order valence-electron chi connectivity index (χ0n) is 11.2. The summed E-state index contributed by atoms with van der Waals surface area (Å²) >= 11 is 0. The van der Waals surface area contributed by atoms with Crippen LogP contribution in [-0.2, 0) is 0 Å². The Balaban J connectivity index is 1.98. The largest absolute Gasteiger partial charge is 0.293 e. The molecule has 0 amide bonds. The fourth-order valence-electron chi connectivity index (χ4n) is 2.72. The van der Waals surface area contributed by atoms with Crippen LogP contribution in [0.25, 0.3) is 0 Å². The molecule has 0 bridgehead atoms. The van der Waals surface area contributed by atoms with E-state index in [1.807, 2.05) is 0 Å². The van der Waals surface area contributed by atoms with Gasteiger partial charge in [-0.05, 0) is 6.08 Å². The maximum atomic E-state index is 4.54. The van der Waals surface area contributed by atoms with Crippen molar-refractivity contribution in [1.29, 1.82) is 0 Å². The Morgan fingerprint density at radius 1 is 1.12 bits per heavy atom. The van der Waals surface area contributed by atoms with E-state index in [9.17, 15) is 0 Å². The van der Waals surface area contributed by atoms with Crippen LogP contribution in [0.2, 0.25) is 0 Å². The van der Waals surface area contributed by atoms with Gasteiger partial charge in [0.2, 0.25) is 0 Å². The molecule has 0 aromatic heterocycles. The first-order valence-electron chi connectivity index (χ1n) is 6.34.